The molecule has 0 aromatic rings. The maximum absolute atomic E-state index is 13.1. The maximum atomic E-state index is 13.1. The lowest BCUT2D eigenvalue weighted by Gasteiger charge is -2.41. The van der Waals surface area contributed by atoms with E-state index in [9.17, 15) is 38.2 Å². The van der Waals surface area contributed by atoms with Gasteiger partial charge in [-0.25, -0.2) is 4.18 Å². The molecule has 7 unspecified atom stereocenters. The van der Waals surface area contributed by atoms with Crippen molar-refractivity contribution >= 4 is 16.3 Å². The van der Waals surface area contributed by atoms with Crippen molar-refractivity contribution in [3.63, 3.8) is 0 Å². The number of ether oxygens (including phenoxy) is 2. The molecular weight excluding hydrogens is 871 g/mol. The van der Waals surface area contributed by atoms with Crippen LogP contribution in [0.25, 0.3) is 0 Å². The van der Waals surface area contributed by atoms with Crippen LogP contribution in [0.1, 0.15) is 271 Å². The molecule has 0 bridgehead atoms. The van der Waals surface area contributed by atoms with Crippen molar-refractivity contribution in [1.29, 1.82) is 0 Å². The number of aliphatic hydroxyl groups excluding tert-OH is 4. The summed E-state index contributed by atoms with van der Waals surface area (Å²) in [7, 11) is -5.08. The summed E-state index contributed by atoms with van der Waals surface area (Å²) < 4.78 is 47.8. The summed E-state index contributed by atoms with van der Waals surface area (Å²) in [6, 6.07) is -0.856. The van der Waals surface area contributed by atoms with Crippen LogP contribution in [0, 0.1) is 0 Å². The van der Waals surface area contributed by atoms with Gasteiger partial charge in [0, 0.05) is 6.42 Å². The Morgan fingerprint density at radius 3 is 1.34 bits per heavy atom. The largest absolute Gasteiger partial charge is 0.397 e. The molecule has 1 aliphatic heterocycles. The summed E-state index contributed by atoms with van der Waals surface area (Å²) in [5, 5.41) is 45.0. The molecule has 13 heteroatoms. The van der Waals surface area contributed by atoms with Crippen molar-refractivity contribution in [3.05, 3.63) is 12.2 Å². The van der Waals surface area contributed by atoms with E-state index in [0.29, 0.717) is 12.8 Å². The molecule has 0 aliphatic carbocycles. The zero-order valence-electron chi connectivity index (χ0n) is 43.0. The van der Waals surface area contributed by atoms with Crippen LogP contribution < -0.4 is 5.32 Å². The van der Waals surface area contributed by atoms with Crippen LogP contribution in [0.2, 0.25) is 0 Å². The van der Waals surface area contributed by atoms with Gasteiger partial charge < -0.3 is 35.2 Å². The third kappa shape index (κ3) is 37.3. The highest BCUT2D eigenvalue weighted by Crippen LogP contribution is 2.26. The number of hydrogen-bond donors (Lipinski definition) is 6. The monoisotopic (exact) mass is 976 g/mol. The van der Waals surface area contributed by atoms with E-state index in [4.69, 9.17) is 9.47 Å². The quantitative estimate of drug-likeness (QED) is 0.0193. The van der Waals surface area contributed by atoms with Gasteiger partial charge in [-0.15, -0.1) is 0 Å². The van der Waals surface area contributed by atoms with E-state index < -0.39 is 59.9 Å². The number of aliphatic hydroxyl groups is 4. The Morgan fingerprint density at radius 1 is 0.582 bits per heavy atom. The molecule has 0 aromatic carbocycles. The smallest absolute Gasteiger partial charge is 0.394 e. The number of allylic oxidation sites excluding steroid dienone is 2. The van der Waals surface area contributed by atoms with E-state index in [1.54, 1.807) is 0 Å². The number of nitrogens with one attached hydrogen (secondary N) is 1. The zero-order chi connectivity index (χ0) is 49.1. The van der Waals surface area contributed by atoms with Gasteiger partial charge in [0.15, 0.2) is 6.29 Å². The van der Waals surface area contributed by atoms with Gasteiger partial charge in [0.05, 0.1) is 25.4 Å². The number of unbranched alkanes of at least 4 members (excludes halogenated alkanes) is 35. The minimum atomic E-state index is -5.08. The van der Waals surface area contributed by atoms with Crippen molar-refractivity contribution in [2.75, 3.05) is 13.2 Å². The fourth-order valence-electron chi connectivity index (χ4n) is 9.22. The lowest BCUT2D eigenvalue weighted by atomic mass is 9.99. The normalized spacial score (nSPS) is 19.9. The standard InChI is InChI=1S/C54H105NO11S/c1-3-5-7-9-11-13-15-17-19-20-21-22-23-24-25-26-27-28-29-30-32-34-36-38-40-42-44-50(58)55-47(46-64-54-52(60)53(66-67(61,62)63)51(59)49(45-56)65-54)48(57)43-41-39-37-35-33-31-18-16-14-12-10-8-6-4-2/h24-25,47-49,51-54,56-57,59-60H,3-23,26-46H2,1-2H3,(H,55,58)(H,61,62,63)/b25-24-. The van der Waals surface area contributed by atoms with E-state index in [1.807, 2.05) is 0 Å². The molecule has 6 N–H and O–H groups in total. The molecule has 398 valence electrons. The molecule has 7 atom stereocenters. The molecule has 1 saturated heterocycles. The molecule has 1 rings (SSSR count). The summed E-state index contributed by atoms with van der Waals surface area (Å²) in [5.74, 6) is -0.228. The first-order chi connectivity index (χ1) is 32.5. The summed E-state index contributed by atoms with van der Waals surface area (Å²) in [6.07, 6.45) is 43.6. The number of rotatable bonds is 49. The predicted octanol–water partition coefficient (Wildman–Crippen LogP) is 12.7. The first-order valence-electron chi connectivity index (χ1n) is 28.1. The van der Waals surface area contributed by atoms with Crippen LogP contribution in [0.5, 0.6) is 0 Å². The van der Waals surface area contributed by atoms with Crippen LogP contribution in [-0.4, -0.2) is 95.4 Å². The Kier molecular flexibility index (Phi) is 42.7. The SMILES string of the molecule is CCCCCCCCCCCCCC/C=C\CCCCCCCCCCCCC(=O)NC(COC1OC(CO)C(O)C(OS(=O)(=O)O)C1O)C(O)CCCCCCCCCCCCCCCC. The molecule has 1 amide bonds. The fourth-order valence-corrected chi connectivity index (χ4v) is 9.73. The Morgan fingerprint density at radius 2 is 0.955 bits per heavy atom. The number of carbonyl (C=O) groups excluding carboxylic acids is 1. The molecule has 0 spiro atoms. The fraction of sp³-hybridized carbons (Fsp3) is 0.944. The van der Waals surface area contributed by atoms with Crippen molar-refractivity contribution in [3.8, 4) is 0 Å². The highest BCUT2D eigenvalue weighted by Gasteiger charge is 2.48. The number of hydrogen-bond acceptors (Lipinski definition) is 10. The van der Waals surface area contributed by atoms with Crippen molar-refractivity contribution < 1.29 is 51.8 Å². The molecule has 0 radical (unpaired) electrons. The second-order valence-electron chi connectivity index (χ2n) is 19.9. The molecule has 67 heavy (non-hydrogen) atoms. The summed E-state index contributed by atoms with van der Waals surface area (Å²) in [5.41, 5.74) is 0. The maximum Gasteiger partial charge on any atom is 0.397 e. The molecule has 1 heterocycles. The summed E-state index contributed by atoms with van der Waals surface area (Å²) in [6.45, 7) is 3.48. The second kappa shape index (κ2) is 44.8. The van der Waals surface area contributed by atoms with Gasteiger partial charge in [0.2, 0.25) is 5.91 Å². The zero-order valence-corrected chi connectivity index (χ0v) is 43.8. The average molecular weight is 976 g/mol. The molecule has 1 fully saturated rings. The second-order valence-corrected chi connectivity index (χ2v) is 20.9. The Hall–Kier alpha value is -1.16. The van der Waals surface area contributed by atoms with Crippen LogP contribution in [0.15, 0.2) is 12.2 Å². The van der Waals surface area contributed by atoms with E-state index in [1.165, 1.54) is 193 Å². The lowest BCUT2D eigenvalue weighted by Crippen LogP contribution is -2.61. The third-order valence-electron chi connectivity index (χ3n) is 13.6. The minimum Gasteiger partial charge on any atom is -0.394 e. The van der Waals surface area contributed by atoms with Crippen molar-refractivity contribution in [2.24, 2.45) is 0 Å². The van der Waals surface area contributed by atoms with Gasteiger partial charge >= 0.3 is 10.4 Å². The Balaban J connectivity index is 2.32. The summed E-state index contributed by atoms with van der Waals surface area (Å²) in [4.78, 5) is 13.1. The van der Waals surface area contributed by atoms with Gasteiger partial charge in [0.25, 0.3) is 0 Å². The van der Waals surface area contributed by atoms with E-state index in [-0.39, 0.29) is 12.5 Å². The Bertz CT molecular complexity index is 1240. The Labute approximate surface area is 410 Å². The summed E-state index contributed by atoms with van der Waals surface area (Å²) >= 11 is 0. The average Bonchev–Trinajstić information content (AvgIpc) is 3.30. The van der Waals surface area contributed by atoms with Gasteiger partial charge in [0.1, 0.15) is 24.4 Å². The third-order valence-corrected chi connectivity index (χ3v) is 14.0. The molecule has 0 saturated carbocycles. The van der Waals surface area contributed by atoms with Crippen LogP contribution >= 0.6 is 0 Å². The topological polar surface area (TPSA) is 192 Å². The predicted molar refractivity (Wildman–Crippen MR) is 273 cm³/mol. The lowest BCUT2D eigenvalue weighted by molar-refractivity contribution is -0.298. The molecule has 0 aromatic heterocycles. The van der Waals surface area contributed by atoms with Crippen LogP contribution in [0.4, 0.5) is 0 Å². The highest BCUT2D eigenvalue weighted by molar-refractivity contribution is 7.80. The van der Waals surface area contributed by atoms with Crippen LogP contribution in [0.3, 0.4) is 0 Å². The van der Waals surface area contributed by atoms with Gasteiger partial charge in [-0.05, 0) is 38.5 Å². The van der Waals surface area contributed by atoms with Crippen LogP contribution in [-0.2, 0) is 28.9 Å². The molecular formula is C54H105NO11S. The number of carbonyl (C=O) groups is 1. The van der Waals surface area contributed by atoms with E-state index in [2.05, 4.69) is 35.5 Å². The first kappa shape index (κ1) is 63.9. The van der Waals surface area contributed by atoms with Gasteiger partial charge in [-0.2, -0.15) is 8.42 Å². The van der Waals surface area contributed by atoms with Gasteiger partial charge in [-0.1, -0.05) is 238 Å². The minimum absolute atomic E-state index is 0.228. The highest BCUT2D eigenvalue weighted by atomic mass is 32.3. The van der Waals surface area contributed by atoms with E-state index >= 15 is 0 Å². The molecule has 12 nitrogen and oxygen atoms in total. The van der Waals surface area contributed by atoms with Gasteiger partial charge in [-0.3, -0.25) is 9.35 Å². The van der Waals surface area contributed by atoms with Crippen molar-refractivity contribution in [1.82, 2.24) is 5.32 Å². The molecule has 1 aliphatic rings. The first-order valence-corrected chi connectivity index (χ1v) is 29.4. The van der Waals surface area contributed by atoms with E-state index in [0.717, 1.165) is 51.4 Å². The number of amides is 1. The van der Waals surface area contributed by atoms with Crippen molar-refractivity contribution in [2.45, 2.75) is 314 Å².